The first-order valence-corrected chi connectivity index (χ1v) is 6.03. The van der Waals surface area contributed by atoms with Crippen molar-refractivity contribution in [1.29, 1.82) is 0 Å². The van der Waals surface area contributed by atoms with Crippen LogP contribution in [0, 0.1) is 12.3 Å². The smallest absolute Gasteiger partial charge is 0.319 e. The number of ketones is 1. The van der Waals surface area contributed by atoms with Crippen LogP contribution in [0.1, 0.15) is 26.3 Å². The lowest BCUT2D eigenvalue weighted by atomic mass is 9.88. The molecule has 6 nitrogen and oxygen atoms in total. The molecular weight excluding hydrogens is 248 g/mol. The molecule has 0 fully saturated rings. The van der Waals surface area contributed by atoms with Crippen molar-refractivity contribution in [2.24, 2.45) is 5.41 Å². The van der Waals surface area contributed by atoms with Gasteiger partial charge >= 0.3 is 5.97 Å². The van der Waals surface area contributed by atoms with E-state index in [0.29, 0.717) is 0 Å². The molecule has 1 rings (SSSR count). The Morgan fingerprint density at radius 2 is 2.05 bits per heavy atom. The Labute approximate surface area is 111 Å². The fraction of sp³-hybridized carbons (Fsp3) is 0.538. The van der Waals surface area contributed by atoms with Crippen LogP contribution in [0.25, 0.3) is 0 Å². The van der Waals surface area contributed by atoms with Gasteiger partial charge in [0.05, 0.1) is 12.8 Å². The number of carbonyl (C=O) groups is 2. The number of rotatable bonds is 5. The second-order valence-electron chi connectivity index (χ2n) is 4.80. The minimum absolute atomic E-state index is 0.207. The third-order valence-corrected chi connectivity index (χ3v) is 2.78. The summed E-state index contributed by atoms with van der Waals surface area (Å²) in [6, 6.07) is 1.39. The SMILES string of the molecule is CCOC(=O)C(C)(C)C(=O)Cn1ncc(C)cc1=O. The Hall–Kier alpha value is -1.98. The minimum atomic E-state index is -1.29. The van der Waals surface area contributed by atoms with Gasteiger partial charge in [0, 0.05) is 6.07 Å². The molecule has 0 radical (unpaired) electrons. The van der Waals surface area contributed by atoms with Crippen molar-refractivity contribution in [2.45, 2.75) is 34.2 Å². The molecule has 0 spiro atoms. The van der Waals surface area contributed by atoms with Crippen LogP contribution in [0.3, 0.4) is 0 Å². The van der Waals surface area contributed by atoms with E-state index in [2.05, 4.69) is 5.10 Å². The van der Waals surface area contributed by atoms with E-state index in [1.807, 2.05) is 0 Å². The normalized spacial score (nSPS) is 11.2. The zero-order valence-electron chi connectivity index (χ0n) is 11.6. The van der Waals surface area contributed by atoms with Gasteiger partial charge in [-0.1, -0.05) is 0 Å². The number of aryl methyl sites for hydroxylation is 1. The van der Waals surface area contributed by atoms with Gasteiger partial charge in [-0.15, -0.1) is 0 Å². The van der Waals surface area contributed by atoms with Crippen LogP contribution in [-0.2, 0) is 20.9 Å². The zero-order chi connectivity index (χ0) is 14.6. The number of nitrogens with zero attached hydrogens (tertiary/aromatic N) is 2. The molecule has 0 saturated carbocycles. The standard InChI is InChI=1S/C13H18N2O4/c1-5-19-12(18)13(3,4)10(16)8-15-11(17)6-9(2)7-14-15/h6-7H,5,8H2,1-4H3. The zero-order valence-corrected chi connectivity index (χ0v) is 11.6. The van der Waals surface area contributed by atoms with Gasteiger partial charge in [-0.05, 0) is 33.3 Å². The fourth-order valence-electron chi connectivity index (χ4n) is 1.40. The first-order valence-electron chi connectivity index (χ1n) is 6.03. The molecule has 6 heteroatoms. The molecule has 0 aliphatic carbocycles. The molecule has 0 unspecified atom stereocenters. The highest BCUT2D eigenvalue weighted by Crippen LogP contribution is 2.19. The number of hydrogen-bond acceptors (Lipinski definition) is 5. The van der Waals surface area contributed by atoms with E-state index >= 15 is 0 Å². The van der Waals surface area contributed by atoms with E-state index in [1.54, 1.807) is 13.8 Å². The molecule has 0 amide bonds. The highest BCUT2D eigenvalue weighted by molar-refractivity contribution is 6.02. The number of ether oxygens (including phenoxy) is 1. The van der Waals surface area contributed by atoms with Crippen molar-refractivity contribution < 1.29 is 14.3 Å². The average Bonchev–Trinajstić information content (AvgIpc) is 2.32. The Morgan fingerprint density at radius 1 is 1.42 bits per heavy atom. The van der Waals surface area contributed by atoms with E-state index < -0.39 is 17.2 Å². The summed E-state index contributed by atoms with van der Waals surface area (Å²) in [6.07, 6.45) is 1.49. The lowest BCUT2D eigenvalue weighted by Crippen LogP contribution is -2.39. The Kier molecular flexibility index (Phi) is 4.58. The molecule has 1 aromatic heterocycles. The molecule has 0 aliphatic rings. The van der Waals surface area contributed by atoms with E-state index in [1.165, 1.54) is 26.1 Å². The lowest BCUT2D eigenvalue weighted by molar-refractivity contribution is -0.158. The molecule has 0 aromatic carbocycles. The molecule has 19 heavy (non-hydrogen) atoms. The van der Waals surface area contributed by atoms with Crippen molar-refractivity contribution in [3.05, 3.63) is 28.2 Å². The largest absolute Gasteiger partial charge is 0.465 e. The highest BCUT2D eigenvalue weighted by Gasteiger charge is 2.37. The van der Waals surface area contributed by atoms with E-state index in [0.717, 1.165) is 10.2 Å². The quantitative estimate of drug-likeness (QED) is 0.579. The third-order valence-electron chi connectivity index (χ3n) is 2.78. The predicted molar refractivity (Wildman–Crippen MR) is 68.7 cm³/mol. The minimum Gasteiger partial charge on any atom is -0.465 e. The fourth-order valence-corrected chi connectivity index (χ4v) is 1.40. The molecule has 0 atom stereocenters. The molecule has 1 aromatic rings. The van der Waals surface area contributed by atoms with Crippen LogP contribution in [0.5, 0.6) is 0 Å². The topological polar surface area (TPSA) is 78.3 Å². The van der Waals surface area contributed by atoms with Crippen LogP contribution >= 0.6 is 0 Å². The maximum absolute atomic E-state index is 12.1. The second-order valence-corrected chi connectivity index (χ2v) is 4.80. The second kappa shape index (κ2) is 5.77. The summed E-state index contributed by atoms with van der Waals surface area (Å²) < 4.78 is 5.89. The van der Waals surface area contributed by atoms with Gasteiger partial charge in [-0.2, -0.15) is 5.10 Å². The molecule has 0 bridgehead atoms. The molecule has 1 heterocycles. The van der Waals surface area contributed by atoms with E-state index in [-0.39, 0.29) is 18.7 Å². The molecule has 0 saturated heterocycles. The van der Waals surface area contributed by atoms with Crippen molar-refractivity contribution in [2.75, 3.05) is 6.61 Å². The summed E-state index contributed by atoms with van der Waals surface area (Å²) >= 11 is 0. The first-order chi connectivity index (χ1) is 8.78. The molecule has 104 valence electrons. The summed E-state index contributed by atoms with van der Waals surface area (Å²) in [5.41, 5.74) is -0.937. The van der Waals surface area contributed by atoms with Gasteiger partial charge in [-0.3, -0.25) is 14.4 Å². The summed E-state index contributed by atoms with van der Waals surface area (Å²) in [6.45, 7) is 6.33. The number of carbonyl (C=O) groups excluding carboxylic acids is 2. The lowest BCUT2D eigenvalue weighted by Gasteiger charge is -2.20. The van der Waals surface area contributed by atoms with Crippen molar-refractivity contribution in [1.82, 2.24) is 9.78 Å². The Morgan fingerprint density at radius 3 is 2.58 bits per heavy atom. The van der Waals surface area contributed by atoms with Crippen LogP contribution < -0.4 is 5.56 Å². The Balaban J connectivity index is 2.90. The van der Waals surface area contributed by atoms with Crippen LogP contribution in [-0.4, -0.2) is 28.1 Å². The van der Waals surface area contributed by atoms with Crippen LogP contribution in [0.4, 0.5) is 0 Å². The summed E-state index contributed by atoms with van der Waals surface area (Å²) in [4.78, 5) is 35.4. The van der Waals surface area contributed by atoms with Gasteiger partial charge in [0.25, 0.3) is 5.56 Å². The van der Waals surface area contributed by atoms with Crippen LogP contribution in [0.2, 0.25) is 0 Å². The summed E-state index contributed by atoms with van der Waals surface area (Å²) in [5, 5.41) is 3.87. The third kappa shape index (κ3) is 3.49. The average molecular weight is 266 g/mol. The van der Waals surface area contributed by atoms with E-state index in [4.69, 9.17) is 4.74 Å². The van der Waals surface area contributed by atoms with Crippen molar-refractivity contribution >= 4 is 11.8 Å². The molecular formula is C13H18N2O4. The number of esters is 1. The van der Waals surface area contributed by atoms with Gasteiger partial charge in [0.2, 0.25) is 0 Å². The van der Waals surface area contributed by atoms with Gasteiger partial charge in [0.1, 0.15) is 12.0 Å². The Bertz CT molecular complexity index is 546. The van der Waals surface area contributed by atoms with Gasteiger partial charge in [0.15, 0.2) is 5.78 Å². The number of aromatic nitrogens is 2. The maximum Gasteiger partial charge on any atom is 0.319 e. The number of Topliss-reactive ketones (excluding diaryl/α,β-unsaturated/α-hetero) is 1. The highest BCUT2D eigenvalue weighted by atomic mass is 16.5. The predicted octanol–water partition coefficient (Wildman–Crippen LogP) is 0.710. The summed E-state index contributed by atoms with van der Waals surface area (Å²) in [5.74, 6) is -1.01. The first kappa shape index (κ1) is 15.1. The van der Waals surface area contributed by atoms with Crippen molar-refractivity contribution in [3.63, 3.8) is 0 Å². The monoisotopic (exact) mass is 266 g/mol. The molecule has 0 N–H and O–H groups in total. The molecule has 0 aliphatic heterocycles. The summed E-state index contributed by atoms with van der Waals surface area (Å²) in [7, 11) is 0. The maximum atomic E-state index is 12.1. The van der Waals surface area contributed by atoms with Crippen molar-refractivity contribution in [3.8, 4) is 0 Å². The van der Waals surface area contributed by atoms with Gasteiger partial charge < -0.3 is 4.74 Å². The van der Waals surface area contributed by atoms with E-state index in [9.17, 15) is 14.4 Å². The van der Waals surface area contributed by atoms with Gasteiger partial charge in [-0.25, -0.2) is 4.68 Å². The number of hydrogen-bond donors (Lipinski definition) is 0. The van der Waals surface area contributed by atoms with Crippen LogP contribution in [0.15, 0.2) is 17.1 Å².